The van der Waals surface area contributed by atoms with Crippen LogP contribution in [0.2, 0.25) is 0 Å². The zero-order chi connectivity index (χ0) is 18.2. The molecule has 0 aliphatic carbocycles. The van der Waals surface area contributed by atoms with Crippen LogP contribution in [0.1, 0.15) is 19.4 Å². The fourth-order valence-electron chi connectivity index (χ4n) is 1.94. The van der Waals surface area contributed by atoms with Gasteiger partial charge < -0.3 is 10.2 Å². The summed E-state index contributed by atoms with van der Waals surface area (Å²) in [6.45, 7) is 6.19. The lowest BCUT2D eigenvalue weighted by atomic mass is 10.1. The minimum absolute atomic E-state index is 0.0735. The van der Waals surface area contributed by atoms with E-state index in [1.807, 2.05) is 18.7 Å². The average molecular weight is 390 g/mol. The van der Waals surface area contributed by atoms with Gasteiger partial charge >= 0.3 is 0 Å². The Bertz CT molecular complexity index is 656. The summed E-state index contributed by atoms with van der Waals surface area (Å²) in [6.07, 6.45) is 0.613. The lowest BCUT2D eigenvalue weighted by molar-refractivity contribution is -0.118. The van der Waals surface area contributed by atoms with E-state index < -0.39 is 10.0 Å². The molecule has 0 spiro atoms. The van der Waals surface area contributed by atoms with E-state index in [1.165, 1.54) is 23.9 Å². The predicted molar refractivity (Wildman–Crippen MR) is 103 cm³/mol. The third-order valence-electron chi connectivity index (χ3n) is 3.34. The van der Waals surface area contributed by atoms with E-state index >= 15 is 0 Å². The van der Waals surface area contributed by atoms with E-state index in [0.717, 1.165) is 23.0 Å². The molecule has 0 saturated carbocycles. The van der Waals surface area contributed by atoms with Crippen molar-refractivity contribution >= 4 is 44.2 Å². The van der Waals surface area contributed by atoms with Crippen LogP contribution in [0.5, 0.6) is 0 Å². The number of hydrogen-bond acceptors (Lipinski definition) is 5. The first kappa shape index (κ1) is 20.9. The SMILES string of the molecule is CCN(CC)C(=S)SCC(=O)NCCc1ccc(S(N)(=O)=O)cc1. The average Bonchev–Trinajstić information content (AvgIpc) is 2.53. The Balaban J connectivity index is 2.34. The van der Waals surface area contributed by atoms with Crippen LogP contribution >= 0.6 is 24.0 Å². The minimum atomic E-state index is -3.67. The maximum atomic E-state index is 11.8. The van der Waals surface area contributed by atoms with Crippen LogP contribution in [0.15, 0.2) is 29.2 Å². The molecular weight excluding hydrogens is 366 g/mol. The van der Waals surface area contributed by atoms with Crippen LogP contribution < -0.4 is 10.5 Å². The number of nitrogens with one attached hydrogen (secondary N) is 1. The smallest absolute Gasteiger partial charge is 0.238 e. The Hall–Kier alpha value is -1.16. The van der Waals surface area contributed by atoms with Gasteiger partial charge in [0.05, 0.1) is 10.6 Å². The lowest BCUT2D eigenvalue weighted by Gasteiger charge is -2.20. The molecule has 0 aliphatic heterocycles. The Morgan fingerprint density at radius 3 is 2.33 bits per heavy atom. The number of carbonyl (C=O) groups is 1. The number of primary sulfonamides is 1. The summed E-state index contributed by atoms with van der Waals surface area (Å²) >= 11 is 6.63. The van der Waals surface area contributed by atoms with Crippen molar-refractivity contribution in [2.24, 2.45) is 5.14 Å². The molecular formula is C15H23N3O3S3. The predicted octanol–water partition coefficient (Wildman–Crippen LogP) is 1.35. The maximum absolute atomic E-state index is 11.8. The fourth-order valence-corrected chi connectivity index (χ4v) is 3.69. The first-order chi connectivity index (χ1) is 11.3. The molecule has 0 fully saturated rings. The molecule has 0 saturated heterocycles. The van der Waals surface area contributed by atoms with Gasteiger partial charge in [0.1, 0.15) is 4.32 Å². The number of amides is 1. The van der Waals surface area contributed by atoms with Crippen molar-refractivity contribution in [3.63, 3.8) is 0 Å². The van der Waals surface area contributed by atoms with Gasteiger partial charge in [-0.2, -0.15) is 0 Å². The molecule has 134 valence electrons. The van der Waals surface area contributed by atoms with Gasteiger partial charge in [-0.05, 0) is 38.0 Å². The highest BCUT2D eigenvalue weighted by atomic mass is 32.2. The molecule has 1 rings (SSSR count). The first-order valence-corrected chi connectivity index (χ1v) is 10.5. The van der Waals surface area contributed by atoms with Crippen LogP contribution in [0.25, 0.3) is 0 Å². The van der Waals surface area contributed by atoms with E-state index in [9.17, 15) is 13.2 Å². The van der Waals surface area contributed by atoms with Crippen LogP contribution in [0.4, 0.5) is 0 Å². The van der Waals surface area contributed by atoms with Crippen LogP contribution in [0, 0.1) is 0 Å². The third-order valence-corrected chi connectivity index (χ3v) is 5.79. The number of nitrogens with zero attached hydrogens (tertiary/aromatic N) is 1. The highest BCUT2D eigenvalue weighted by Gasteiger charge is 2.09. The van der Waals surface area contributed by atoms with E-state index in [-0.39, 0.29) is 10.8 Å². The molecule has 6 nitrogen and oxygen atoms in total. The zero-order valence-corrected chi connectivity index (χ0v) is 16.3. The van der Waals surface area contributed by atoms with Crippen molar-refractivity contribution in [1.29, 1.82) is 0 Å². The molecule has 1 aromatic rings. The summed E-state index contributed by atoms with van der Waals surface area (Å²) in [6, 6.07) is 6.31. The first-order valence-electron chi connectivity index (χ1n) is 7.58. The number of thiocarbonyl (C=S) groups is 1. The van der Waals surface area contributed by atoms with Crippen molar-refractivity contribution in [2.45, 2.75) is 25.2 Å². The maximum Gasteiger partial charge on any atom is 0.238 e. The largest absolute Gasteiger partial charge is 0.358 e. The molecule has 0 aliphatic rings. The normalized spacial score (nSPS) is 11.1. The van der Waals surface area contributed by atoms with Gasteiger partial charge in [0, 0.05) is 19.6 Å². The molecule has 3 N–H and O–H groups in total. The molecule has 0 aromatic heterocycles. The van der Waals surface area contributed by atoms with Crippen molar-refractivity contribution < 1.29 is 13.2 Å². The summed E-state index contributed by atoms with van der Waals surface area (Å²) in [5, 5.41) is 7.87. The summed E-state index contributed by atoms with van der Waals surface area (Å²) < 4.78 is 23.1. The quantitative estimate of drug-likeness (QED) is 0.652. The second-order valence-corrected chi connectivity index (χ2v) is 8.19. The zero-order valence-electron chi connectivity index (χ0n) is 13.8. The van der Waals surface area contributed by atoms with Gasteiger partial charge in [0.15, 0.2) is 0 Å². The van der Waals surface area contributed by atoms with E-state index in [1.54, 1.807) is 12.1 Å². The van der Waals surface area contributed by atoms with Crippen LogP contribution in [0.3, 0.4) is 0 Å². The molecule has 9 heteroatoms. The van der Waals surface area contributed by atoms with E-state index in [4.69, 9.17) is 17.4 Å². The minimum Gasteiger partial charge on any atom is -0.358 e. The topological polar surface area (TPSA) is 92.5 Å². The number of carbonyl (C=O) groups excluding carboxylic acids is 1. The van der Waals surface area contributed by atoms with Gasteiger partial charge in [-0.15, -0.1) is 0 Å². The number of hydrogen-bond donors (Lipinski definition) is 2. The molecule has 0 bridgehead atoms. The third kappa shape index (κ3) is 7.16. The van der Waals surface area contributed by atoms with Crippen molar-refractivity contribution in [2.75, 3.05) is 25.4 Å². The summed E-state index contributed by atoms with van der Waals surface area (Å²) in [5.41, 5.74) is 0.925. The summed E-state index contributed by atoms with van der Waals surface area (Å²) in [5.74, 6) is 0.218. The Morgan fingerprint density at radius 2 is 1.83 bits per heavy atom. The Kier molecular flexibility index (Phi) is 8.68. The molecule has 0 radical (unpaired) electrons. The van der Waals surface area contributed by atoms with Crippen molar-refractivity contribution in [3.8, 4) is 0 Å². The molecule has 1 amide bonds. The number of rotatable bonds is 8. The van der Waals surface area contributed by atoms with Gasteiger partial charge in [-0.1, -0.05) is 36.1 Å². The Labute approximate surface area is 153 Å². The lowest BCUT2D eigenvalue weighted by Crippen LogP contribution is -2.31. The van der Waals surface area contributed by atoms with Gasteiger partial charge in [-0.3, -0.25) is 4.79 Å². The monoisotopic (exact) mass is 389 g/mol. The summed E-state index contributed by atoms with van der Waals surface area (Å²) in [7, 11) is -3.67. The van der Waals surface area contributed by atoms with Gasteiger partial charge in [0.2, 0.25) is 15.9 Å². The molecule has 0 unspecified atom stereocenters. The standard InChI is InChI=1S/C15H23N3O3S3/c1-3-18(4-2)15(22)23-11-14(19)17-10-9-12-5-7-13(8-6-12)24(16,20)21/h5-8H,3-4,9-11H2,1-2H3,(H,17,19)(H2,16,20,21). The number of nitrogens with two attached hydrogens (primary N) is 1. The van der Waals surface area contributed by atoms with E-state index in [0.29, 0.717) is 18.7 Å². The highest BCUT2D eigenvalue weighted by molar-refractivity contribution is 8.23. The van der Waals surface area contributed by atoms with Crippen molar-refractivity contribution in [3.05, 3.63) is 29.8 Å². The van der Waals surface area contributed by atoms with Gasteiger partial charge in [-0.25, -0.2) is 13.6 Å². The van der Waals surface area contributed by atoms with Gasteiger partial charge in [0.25, 0.3) is 0 Å². The number of thioether (sulfide) groups is 1. The van der Waals surface area contributed by atoms with Crippen LogP contribution in [-0.2, 0) is 21.2 Å². The Morgan fingerprint density at radius 1 is 1.25 bits per heavy atom. The number of benzene rings is 1. The number of sulfonamides is 1. The molecule has 1 aromatic carbocycles. The van der Waals surface area contributed by atoms with Crippen LogP contribution in [-0.4, -0.2) is 48.9 Å². The molecule has 0 atom stereocenters. The molecule has 24 heavy (non-hydrogen) atoms. The second kappa shape index (κ2) is 9.97. The van der Waals surface area contributed by atoms with Crippen molar-refractivity contribution in [1.82, 2.24) is 10.2 Å². The highest BCUT2D eigenvalue weighted by Crippen LogP contribution is 2.10. The fraction of sp³-hybridized carbons (Fsp3) is 0.467. The molecule has 0 heterocycles. The van der Waals surface area contributed by atoms with E-state index in [2.05, 4.69) is 5.32 Å². The summed E-state index contributed by atoms with van der Waals surface area (Å²) in [4.78, 5) is 13.9. The second-order valence-electron chi connectivity index (χ2n) is 5.02.